The van der Waals surface area contributed by atoms with Gasteiger partial charge in [0.1, 0.15) is 11.5 Å². The highest BCUT2D eigenvalue weighted by atomic mass is 16.5. The van der Waals surface area contributed by atoms with E-state index in [0.29, 0.717) is 29.2 Å². The number of nitrogens with zero attached hydrogens (tertiary/aromatic N) is 2. The van der Waals surface area contributed by atoms with Crippen molar-refractivity contribution in [3.05, 3.63) is 99.8 Å². The molecule has 5 heteroatoms. The molecule has 0 amide bonds. The Hall–Kier alpha value is -3.41. The molecule has 3 aromatic rings. The molecule has 0 radical (unpaired) electrons. The average molecular weight is 455 g/mol. The molecule has 0 atom stereocenters. The monoisotopic (exact) mass is 454 g/mol. The van der Waals surface area contributed by atoms with Crippen molar-refractivity contribution in [3.8, 4) is 11.5 Å². The smallest absolute Gasteiger partial charge is 0.232 e. The number of rotatable bonds is 5. The van der Waals surface area contributed by atoms with E-state index in [1.165, 1.54) is 5.56 Å². The maximum absolute atomic E-state index is 13.2. The van der Waals surface area contributed by atoms with Crippen molar-refractivity contribution in [2.75, 3.05) is 26.2 Å². The molecule has 5 nitrogen and oxygen atoms in total. The van der Waals surface area contributed by atoms with Gasteiger partial charge in [-0.05, 0) is 48.2 Å². The van der Waals surface area contributed by atoms with Crippen LogP contribution in [-0.2, 0) is 13.1 Å². The minimum Gasteiger partial charge on any atom is -0.507 e. The number of ketones is 1. The molecule has 1 saturated heterocycles. The van der Waals surface area contributed by atoms with E-state index in [4.69, 9.17) is 4.74 Å². The number of fused-ring (bicyclic) bond motifs is 1. The molecular weight excluding hydrogens is 424 g/mol. The van der Waals surface area contributed by atoms with Crippen molar-refractivity contribution in [2.45, 2.75) is 26.9 Å². The van der Waals surface area contributed by atoms with E-state index >= 15 is 0 Å². The van der Waals surface area contributed by atoms with E-state index in [1.807, 2.05) is 44.2 Å². The van der Waals surface area contributed by atoms with Crippen LogP contribution in [0, 0.1) is 13.8 Å². The maximum Gasteiger partial charge on any atom is 0.232 e. The van der Waals surface area contributed by atoms with Gasteiger partial charge in [0, 0.05) is 39.3 Å². The van der Waals surface area contributed by atoms with E-state index in [-0.39, 0.29) is 11.5 Å². The quantitative estimate of drug-likeness (QED) is 0.554. The van der Waals surface area contributed by atoms with Gasteiger partial charge in [-0.15, -0.1) is 0 Å². The van der Waals surface area contributed by atoms with Gasteiger partial charge in [-0.25, -0.2) is 0 Å². The summed E-state index contributed by atoms with van der Waals surface area (Å²) in [6.45, 7) is 9.08. The maximum atomic E-state index is 13.2. The van der Waals surface area contributed by atoms with Gasteiger partial charge in [0.25, 0.3) is 0 Å². The third kappa shape index (κ3) is 4.49. The summed E-state index contributed by atoms with van der Waals surface area (Å²) in [7, 11) is 0. The van der Waals surface area contributed by atoms with Crippen LogP contribution in [0.15, 0.2) is 66.4 Å². The second-order valence-electron chi connectivity index (χ2n) is 9.23. The summed E-state index contributed by atoms with van der Waals surface area (Å²) < 4.78 is 6.13. The zero-order valence-electron chi connectivity index (χ0n) is 19.8. The Balaban J connectivity index is 1.33. The molecule has 0 bridgehead atoms. The lowest BCUT2D eigenvalue weighted by molar-refractivity contribution is 0.101. The second kappa shape index (κ2) is 9.45. The summed E-state index contributed by atoms with van der Waals surface area (Å²) in [5, 5.41) is 10.8. The summed E-state index contributed by atoms with van der Waals surface area (Å²) >= 11 is 0. The molecule has 0 aromatic heterocycles. The molecule has 2 heterocycles. The molecule has 0 unspecified atom stereocenters. The summed E-state index contributed by atoms with van der Waals surface area (Å²) in [5.74, 6) is 0.888. The van der Waals surface area contributed by atoms with Crippen molar-refractivity contribution in [1.29, 1.82) is 0 Å². The molecule has 2 aliphatic heterocycles. The van der Waals surface area contributed by atoms with Crippen LogP contribution in [0.3, 0.4) is 0 Å². The van der Waals surface area contributed by atoms with Crippen molar-refractivity contribution in [1.82, 2.24) is 9.80 Å². The number of hydrogen-bond donors (Lipinski definition) is 1. The number of allylic oxidation sites excluding steroid dienone is 1. The third-order valence-electron chi connectivity index (χ3n) is 6.79. The van der Waals surface area contributed by atoms with Crippen LogP contribution in [0.25, 0.3) is 6.08 Å². The van der Waals surface area contributed by atoms with Crippen molar-refractivity contribution in [3.63, 3.8) is 0 Å². The van der Waals surface area contributed by atoms with E-state index in [1.54, 1.807) is 12.1 Å². The number of piperazine rings is 1. The zero-order chi connectivity index (χ0) is 23.7. The first kappa shape index (κ1) is 22.4. The van der Waals surface area contributed by atoms with E-state index in [0.717, 1.165) is 49.4 Å². The molecule has 0 spiro atoms. The molecule has 0 saturated carbocycles. The van der Waals surface area contributed by atoms with Crippen molar-refractivity contribution in [2.24, 2.45) is 0 Å². The molecule has 1 N–H and O–H groups in total. The number of phenols is 1. The number of benzene rings is 3. The Morgan fingerprint density at radius 3 is 2.24 bits per heavy atom. The topological polar surface area (TPSA) is 53.0 Å². The van der Waals surface area contributed by atoms with Gasteiger partial charge in [0.05, 0.1) is 11.1 Å². The molecular formula is C29H30N2O3. The molecule has 0 aliphatic carbocycles. The third-order valence-corrected chi connectivity index (χ3v) is 6.79. The predicted molar refractivity (Wildman–Crippen MR) is 134 cm³/mol. The van der Waals surface area contributed by atoms with E-state index < -0.39 is 0 Å². The largest absolute Gasteiger partial charge is 0.507 e. The molecule has 1 fully saturated rings. The number of aromatic hydroxyl groups is 1. The van der Waals surface area contributed by atoms with Crippen LogP contribution in [-0.4, -0.2) is 46.9 Å². The first-order valence-electron chi connectivity index (χ1n) is 11.8. The first-order chi connectivity index (χ1) is 16.5. The van der Waals surface area contributed by atoms with Crippen LogP contribution >= 0.6 is 0 Å². The Kier molecular flexibility index (Phi) is 6.22. The normalized spacial score (nSPS) is 17.7. The van der Waals surface area contributed by atoms with Crippen LogP contribution in [0.2, 0.25) is 0 Å². The molecule has 34 heavy (non-hydrogen) atoms. The highest BCUT2D eigenvalue weighted by molar-refractivity contribution is 6.16. The van der Waals surface area contributed by atoms with Gasteiger partial charge in [0.2, 0.25) is 5.78 Å². The van der Waals surface area contributed by atoms with E-state index in [2.05, 4.69) is 34.1 Å². The highest BCUT2D eigenvalue weighted by Gasteiger charge is 2.34. The van der Waals surface area contributed by atoms with Crippen LogP contribution < -0.4 is 4.74 Å². The first-order valence-corrected chi connectivity index (χ1v) is 11.8. The lowest BCUT2D eigenvalue weighted by Gasteiger charge is -2.35. The van der Waals surface area contributed by atoms with E-state index in [9.17, 15) is 9.90 Å². The fourth-order valence-corrected chi connectivity index (χ4v) is 4.79. The standard InChI is InChI=1S/C29H30N2O3/c1-20-8-6-7-11-23(20)17-26-28(33)27-21(2)16-25(32)24(29(27)34-26)19-31-14-12-30(13-15-31)18-22-9-4-3-5-10-22/h3-11,16-17,32H,12-15,18-19H2,1-2H3/b26-17-. The average Bonchev–Trinajstić information content (AvgIpc) is 3.16. The van der Waals surface area contributed by atoms with Crippen molar-refractivity contribution >= 4 is 11.9 Å². The minimum absolute atomic E-state index is 0.121. The summed E-state index contributed by atoms with van der Waals surface area (Å²) in [6, 6.07) is 20.1. The van der Waals surface area contributed by atoms with Crippen LogP contribution in [0.1, 0.15) is 38.2 Å². The Morgan fingerprint density at radius 2 is 1.53 bits per heavy atom. The predicted octanol–water partition coefficient (Wildman–Crippen LogP) is 4.94. The second-order valence-corrected chi connectivity index (χ2v) is 9.23. The highest BCUT2D eigenvalue weighted by Crippen LogP contribution is 2.42. The molecule has 174 valence electrons. The number of carbonyl (C=O) groups excluding carboxylic acids is 1. The van der Waals surface area contributed by atoms with Crippen LogP contribution in [0.4, 0.5) is 0 Å². The molecule has 3 aromatic carbocycles. The Labute approximate surface area is 200 Å². The van der Waals surface area contributed by atoms with Gasteiger partial charge in [-0.1, -0.05) is 54.6 Å². The summed E-state index contributed by atoms with van der Waals surface area (Å²) in [4.78, 5) is 18.0. The lowest BCUT2D eigenvalue weighted by Crippen LogP contribution is -2.45. The van der Waals surface area contributed by atoms with Gasteiger partial charge in [0.15, 0.2) is 5.76 Å². The SMILES string of the molecule is Cc1ccccc1/C=C1\Oc2c(CN3CCN(Cc4ccccc4)CC3)c(O)cc(C)c2C1=O. The fraction of sp³-hybridized carbons (Fsp3) is 0.276. The Morgan fingerprint density at radius 1 is 0.882 bits per heavy atom. The number of Topliss-reactive ketones (excluding diaryl/α,β-unsaturated/α-hetero) is 1. The zero-order valence-corrected chi connectivity index (χ0v) is 19.8. The number of aryl methyl sites for hydroxylation is 2. The van der Waals surface area contributed by atoms with Crippen LogP contribution in [0.5, 0.6) is 11.5 Å². The number of carbonyl (C=O) groups is 1. The summed E-state index contributed by atoms with van der Waals surface area (Å²) in [6.07, 6.45) is 1.81. The number of hydrogen-bond acceptors (Lipinski definition) is 5. The minimum atomic E-state index is -0.121. The van der Waals surface area contributed by atoms with Crippen molar-refractivity contribution < 1.29 is 14.6 Å². The number of phenolic OH excluding ortho intramolecular Hbond substituents is 1. The van der Waals surface area contributed by atoms with Gasteiger partial charge < -0.3 is 9.84 Å². The Bertz CT molecular complexity index is 1240. The lowest BCUT2D eigenvalue weighted by atomic mass is 9.98. The van der Waals surface area contributed by atoms with Gasteiger partial charge in [-0.3, -0.25) is 14.6 Å². The van der Waals surface area contributed by atoms with Gasteiger partial charge >= 0.3 is 0 Å². The number of ether oxygens (including phenoxy) is 1. The molecule has 5 rings (SSSR count). The fourth-order valence-electron chi connectivity index (χ4n) is 4.79. The molecule has 2 aliphatic rings. The van der Waals surface area contributed by atoms with Gasteiger partial charge in [-0.2, -0.15) is 0 Å². The summed E-state index contributed by atoms with van der Waals surface area (Å²) in [5.41, 5.74) is 5.35.